The summed E-state index contributed by atoms with van der Waals surface area (Å²) >= 11 is 8.86. The third kappa shape index (κ3) is 4.20. The maximum atomic E-state index is 12.9. The summed E-state index contributed by atoms with van der Waals surface area (Å²) in [6.45, 7) is -0.215. The number of nitrogens with one attached hydrogen (secondary N) is 2. The molecule has 0 aliphatic heterocycles. The SMILES string of the molecule is NC(=O)NC(=O)CNc1c(Cl)cc(F)cc1Br. The second-order valence-electron chi connectivity index (χ2n) is 3.01. The van der Waals surface area contributed by atoms with Gasteiger partial charge in [0.1, 0.15) is 5.82 Å². The molecule has 0 heterocycles. The fourth-order valence-corrected chi connectivity index (χ4v) is 2.02. The van der Waals surface area contributed by atoms with Crippen LogP contribution in [0.1, 0.15) is 0 Å². The van der Waals surface area contributed by atoms with Gasteiger partial charge in [0.05, 0.1) is 17.3 Å². The molecule has 3 amide bonds. The zero-order valence-corrected chi connectivity index (χ0v) is 10.7. The van der Waals surface area contributed by atoms with E-state index in [2.05, 4.69) is 21.2 Å². The molecule has 0 saturated heterocycles. The van der Waals surface area contributed by atoms with Crippen molar-refractivity contribution >= 4 is 45.2 Å². The van der Waals surface area contributed by atoms with Crippen molar-refractivity contribution in [1.29, 1.82) is 0 Å². The van der Waals surface area contributed by atoms with Gasteiger partial charge in [-0.05, 0) is 28.1 Å². The number of anilines is 1. The van der Waals surface area contributed by atoms with E-state index in [-0.39, 0.29) is 11.6 Å². The molecule has 0 aliphatic carbocycles. The van der Waals surface area contributed by atoms with Crippen LogP contribution in [0.5, 0.6) is 0 Å². The van der Waals surface area contributed by atoms with Crippen LogP contribution in [0.25, 0.3) is 0 Å². The molecule has 0 aromatic heterocycles. The number of primary amides is 1. The Morgan fingerprint density at radius 2 is 2.12 bits per heavy atom. The lowest BCUT2D eigenvalue weighted by molar-refractivity contribution is -0.118. The predicted molar refractivity (Wildman–Crippen MR) is 65.3 cm³/mol. The number of rotatable bonds is 3. The van der Waals surface area contributed by atoms with E-state index in [0.717, 1.165) is 6.07 Å². The van der Waals surface area contributed by atoms with Gasteiger partial charge in [0.2, 0.25) is 5.91 Å². The number of nitrogens with two attached hydrogens (primary N) is 1. The molecule has 0 bridgehead atoms. The first-order valence-corrected chi connectivity index (χ1v) is 5.55. The number of halogens is 3. The van der Waals surface area contributed by atoms with Crippen molar-refractivity contribution in [2.75, 3.05) is 11.9 Å². The number of imide groups is 1. The second-order valence-corrected chi connectivity index (χ2v) is 4.27. The molecule has 0 fully saturated rings. The number of hydrogen-bond acceptors (Lipinski definition) is 3. The Balaban J connectivity index is 2.70. The highest BCUT2D eigenvalue weighted by molar-refractivity contribution is 9.10. The van der Waals surface area contributed by atoms with E-state index >= 15 is 0 Å². The third-order valence-corrected chi connectivity index (χ3v) is 2.62. The van der Waals surface area contributed by atoms with Crippen LogP contribution in [0.3, 0.4) is 0 Å². The van der Waals surface area contributed by atoms with Crippen molar-refractivity contribution in [3.05, 3.63) is 27.4 Å². The number of carbonyl (C=O) groups is 2. The van der Waals surface area contributed by atoms with E-state index in [0.29, 0.717) is 10.2 Å². The average Bonchev–Trinajstić information content (AvgIpc) is 2.14. The van der Waals surface area contributed by atoms with Gasteiger partial charge < -0.3 is 11.1 Å². The first-order chi connectivity index (χ1) is 7.90. The molecule has 0 unspecified atom stereocenters. The van der Waals surface area contributed by atoms with Gasteiger partial charge in [0, 0.05) is 4.47 Å². The fourth-order valence-electron chi connectivity index (χ4n) is 1.06. The molecule has 5 nitrogen and oxygen atoms in total. The van der Waals surface area contributed by atoms with Crippen molar-refractivity contribution in [1.82, 2.24) is 5.32 Å². The topological polar surface area (TPSA) is 84.2 Å². The first-order valence-electron chi connectivity index (χ1n) is 4.38. The van der Waals surface area contributed by atoms with Crippen molar-refractivity contribution < 1.29 is 14.0 Å². The van der Waals surface area contributed by atoms with Crippen LogP contribution in [0.4, 0.5) is 14.9 Å². The van der Waals surface area contributed by atoms with Crippen LogP contribution in [0.2, 0.25) is 5.02 Å². The third-order valence-electron chi connectivity index (χ3n) is 1.70. The minimum absolute atomic E-state index is 0.115. The maximum absolute atomic E-state index is 12.9. The summed E-state index contributed by atoms with van der Waals surface area (Å²) in [5.41, 5.74) is 5.11. The zero-order valence-electron chi connectivity index (χ0n) is 8.39. The highest BCUT2D eigenvalue weighted by Gasteiger charge is 2.10. The molecule has 17 heavy (non-hydrogen) atoms. The molecule has 1 rings (SSSR count). The number of amides is 3. The molecule has 0 saturated carbocycles. The van der Waals surface area contributed by atoms with E-state index in [9.17, 15) is 14.0 Å². The van der Waals surface area contributed by atoms with Crippen LogP contribution in [-0.4, -0.2) is 18.5 Å². The minimum atomic E-state index is -0.943. The monoisotopic (exact) mass is 323 g/mol. The van der Waals surface area contributed by atoms with Gasteiger partial charge in [0.15, 0.2) is 0 Å². The summed E-state index contributed by atoms with van der Waals surface area (Å²) in [4.78, 5) is 21.5. The van der Waals surface area contributed by atoms with Crippen molar-refractivity contribution in [3.8, 4) is 0 Å². The van der Waals surface area contributed by atoms with Gasteiger partial charge in [-0.2, -0.15) is 0 Å². The summed E-state index contributed by atoms with van der Waals surface area (Å²) in [5.74, 6) is -1.13. The molecule has 92 valence electrons. The second kappa shape index (κ2) is 5.83. The van der Waals surface area contributed by atoms with E-state index in [1.807, 2.05) is 5.32 Å². The quantitative estimate of drug-likeness (QED) is 0.793. The molecular formula is C9H8BrClFN3O2. The molecule has 0 radical (unpaired) electrons. The average molecular weight is 325 g/mol. The van der Waals surface area contributed by atoms with Gasteiger partial charge in [0.25, 0.3) is 0 Å². The summed E-state index contributed by atoms with van der Waals surface area (Å²) in [7, 11) is 0. The van der Waals surface area contributed by atoms with Crippen LogP contribution in [0, 0.1) is 5.82 Å². The number of urea groups is 1. The van der Waals surface area contributed by atoms with Gasteiger partial charge >= 0.3 is 6.03 Å². The molecule has 0 spiro atoms. The van der Waals surface area contributed by atoms with Gasteiger partial charge in [-0.25, -0.2) is 9.18 Å². The van der Waals surface area contributed by atoms with E-state index in [1.54, 1.807) is 0 Å². The molecule has 4 N–H and O–H groups in total. The molecule has 0 atom stereocenters. The van der Waals surface area contributed by atoms with Crippen LogP contribution in [0.15, 0.2) is 16.6 Å². The van der Waals surface area contributed by atoms with Crippen LogP contribution >= 0.6 is 27.5 Å². The Kier molecular flexibility index (Phi) is 4.71. The van der Waals surface area contributed by atoms with Crippen molar-refractivity contribution in [3.63, 3.8) is 0 Å². The van der Waals surface area contributed by atoms with Gasteiger partial charge in [-0.15, -0.1) is 0 Å². The highest BCUT2D eigenvalue weighted by atomic mass is 79.9. The normalized spacial score (nSPS) is 9.82. The predicted octanol–water partition coefficient (Wildman–Crippen LogP) is 1.85. The zero-order chi connectivity index (χ0) is 13.0. The summed E-state index contributed by atoms with van der Waals surface area (Å²) < 4.78 is 13.3. The minimum Gasteiger partial charge on any atom is -0.374 e. The fraction of sp³-hybridized carbons (Fsp3) is 0.111. The van der Waals surface area contributed by atoms with E-state index < -0.39 is 17.8 Å². The number of benzene rings is 1. The van der Waals surface area contributed by atoms with Gasteiger partial charge in [-0.1, -0.05) is 11.6 Å². The summed E-state index contributed by atoms with van der Waals surface area (Å²) in [5, 5.41) is 4.63. The Labute approximate surface area is 110 Å². The lowest BCUT2D eigenvalue weighted by Crippen LogP contribution is -2.38. The molecule has 1 aromatic carbocycles. The van der Waals surface area contributed by atoms with Crippen LogP contribution in [-0.2, 0) is 4.79 Å². The summed E-state index contributed by atoms with van der Waals surface area (Å²) in [6.07, 6.45) is 0. The Bertz CT molecular complexity index is 447. The Morgan fingerprint density at radius 1 is 1.47 bits per heavy atom. The molecular weight excluding hydrogens is 316 g/mol. The smallest absolute Gasteiger partial charge is 0.318 e. The summed E-state index contributed by atoms with van der Waals surface area (Å²) in [6, 6.07) is 1.35. The highest BCUT2D eigenvalue weighted by Crippen LogP contribution is 2.31. The molecule has 8 heteroatoms. The molecule has 1 aromatic rings. The van der Waals surface area contributed by atoms with Gasteiger partial charge in [-0.3, -0.25) is 10.1 Å². The maximum Gasteiger partial charge on any atom is 0.318 e. The Hall–Kier alpha value is -1.34. The van der Waals surface area contributed by atoms with Crippen molar-refractivity contribution in [2.24, 2.45) is 5.73 Å². The van der Waals surface area contributed by atoms with Crippen LogP contribution < -0.4 is 16.4 Å². The standard InChI is InChI=1S/C9H8BrClFN3O2/c10-5-1-4(12)2-6(11)8(5)14-3-7(16)15-9(13)17/h1-2,14H,3H2,(H3,13,15,16,17). The van der Waals surface area contributed by atoms with Crippen molar-refractivity contribution in [2.45, 2.75) is 0 Å². The Morgan fingerprint density at radius 3 is 2.65 bits per heavy atom. The first kappa shape index (κ1) is 13.7. The lowest BCUT2D eigenvalue weighted by atomic mass is 10.3. The largest absolute Gasteiger partial charge is 0.374 e. The number of carbonyl (C=O) groups excluding carboxylic acids is 2. The van der Waals surface area contributed by atoms with E-state index in [1.165, 1.54) is 6.07 Å². The molecule has 0 aliphatic rings. The number of hydrogen-bond donors (Lipinski definition) is 3. The lowest BCUT2D eigenvalue weighted by Gasteiger charge is -2.10. The van der Waals surface area contributed by atoms with E-state index in [4.69, 9.17) is 17.3 Å².